The Bertz CT molecular complexity index is 680. The van der Waals surface area contributed by atoms with Crippen molar-refractivity contribution in [3.05, 3.63) is 29.8 Å². The molecule has 0 bridgehead atoms. The number of hydrogen-bond acceptors (Lipinski definition) is 6. The zero-order valence-electron chi connectivity index (χ0n) is 14.3. The fourth-order valence-corrected chi connectivity index (χ4v) is 3.51. The highest BCUT2D eigenvalue weighted by Gasteiger charge is 2.23. The van der Waals surface area contributed by atoms with E-state index in [1.54, 1.807) is 27.7 Å². The van der Waals surface area contributed by atoms with Gasteiger partial charge in [0.05, 0.1) is 16.6 Å². The first kappa shape index (κ1) is 20.1. The lowest BCUT2D eigenvalue weighted by Crippen LogP contribution is -2.30. The SMILES string of the molecule is CCN(CC)S(=O)(=O)c1cccc(C(=O)OCC(=O)OC(C)C)c1. The molecule has 1 aromatic carbocycles. The van der Waals surface area contributed by atoms with E-state index in [9.17, 15) is 18.0 Å². The second-order valence-corrected chi connectivity index (χ2v) is 7.17. The molecular weight excluding hydrogens is 334 g/mol. The molecule has 0 heterocycles. The van der Waals surface area contributed by atoms with Gasteiger partial charge in [0.25, 0.3) is 0 Å². The van der Waals surface area contributed by atoms with Crippen LogP contribution in [0.3, 0.4) is 0 Å². The van der Waals surface area contributed by atoms with Crippen molar-refractivity contribution in [3.63, 3.8) is 0 Å². The molecule has 0 aliphatic heterocycles. The number of carbonyl (C=O) groups excluding carboxylic acids is 2. The van der Waals surface area contributed by atoms with Crippen LogP contribution >= 0.6 is 0 Å². The number of carbonyl (C=O) groups is 2. The molecular formula is C16H23NO6S. The molecule has 1 aromatic rings. The average Bonchev–Trinajstić information content (AvgIpc) is 2.53. The molecule has 134 valence electrons. The molecule has 0 fully saturated rings. The Morgan fingerprint density at radius 2 is 1.79 bits per heavy atom. The van der Waals surface area contributed by atoms with E-state index in [1.165, 1.54) is 28.6 Å². The van der Waals surface area contributed by atoms with Crippen molar-refractivity contribution in [2.45, 2.75) is 38.7 Å². The highest BCUT2D eigenvalue weighted by molar-refractivity contribution is 7.89. The van der Waals surface area contributed by atoms with E-state index in [-0.39, 0.29) is 16.6 Å². The average molecular weight is 357 g/mol. The first-order valence-electron chi connectivity index (χ1n) is 7.69. The van der Waals surface area contributed by atoms with Crippen LogP contribution in [0.25, 0.3) is 0 Å². The molecule has 0 aliphatic carbocycles. The van der Waals surface area contributed by atoms with Gasteiger partial charge in [0, 0.05) is 13.1 Å². The Morgan fingerprint density at radius 3 is 2.33 bits per heavy atom. The topological polar surface area (TPSA) is 90.0 Å². The van der Waals surface area contributed by atoms with E-state index in [2.05, 4.69) is 0 Å². The van der Waals surface area contributed by atoms with Gasteiger partial charge in [0.1, 0.15) is 0 Å². The van der Waals surface area contributed by atoms with Crippen LogP contribution in [-0.2, 0) is 24.3 Å². The van der Waals surface area contributed by atoms with Crippen LogP contribution in [-0.4, -0.2) is 50.5 Å². The van der Waals surface area contributed by atoms with Crippen LogP contribution in [0, 0.1) is 0 Å². The summed E-state index contributed by atoms with van der Waals surface area (Å²) < 4.78 is 35.9. The number of rotatable bonds is 8. The summed E-state index contributed by atoms with van der Waals surface area (Å²) in [5.74, 6) is -1.45. The van der Waals surface area contributed by atoms with Crippen molar-refractivity contribution >= 4 is 22.0 Å². The Kier molecular flexibility index (Phi) is 7.37. The van der Waals surface area contributed by atoms with Gasteiger partial charge in [-0.25, -0.2) is 18.0 Å². The maximum atomic E-state index is 12.5. The van der Waals surface area contributed by atoms with Crippen LogP contribution < -0.4 is 0 Å². The lowest BCUT2D eigenvalue weighted by molar-refractivity contribution is -0.150. The maximum Gasteiger partial charge on any atom is 0.344 e. The van der Waals surface area contributed by atoms with Crippen molar-refractivity contribution in [2.24, 2.45) is 0 Å². The maximum absolute atomic E-state index is 12.5. The zero-order valence-corrected chi connectivity index (χ0v) is 15.1. The molecule has 0 amide bonds. The fourth-order valence-electron chi connectivity index (χ4n) is 2.00. The minimum atomic E-state index is -3.67. The first-order valence-corrected chi connectivity index (χ1v) is 9.13. The molecule has 0 saturated carbocycles. The third kappa shape index (κ3) is 5.31. The number of sulfonamides is 1. The lowest BCUT2D eigenvalue weighted by atomic mass is 10.2. The second kappa shape index (κ2) is 8.79. The first-order chi connectivity index (χ1) is 11.2. The minimum absolute atomic E-state index is 0.00501. The number of ether oxygens (including phenoxy) is 2. The summed E-state index contributed by atoms with van der Waals surface area (Å²) >= 11 is 0. The minimum Gasteiger partial charge on any atom is -0.460 e. The summed E-state index contributed by atoms with van der Waals surface area (Å²) in [6, 6.07) is 5.54. The predicted octanol–water partition coefficient (Wildman–Crippen LogP) is 1.83. The molecule has 0 N–H and O–H groups in total. The van der Waals surface area contributed by atoms with Crippen molar-refractivity contribution < 1.29 is 27.5 Å². The van der Waals surface area contributed by atoms with Crippen LogP contribution in [0.5, 0.6) is 0 Å². The van der Waals surface area contributed by atoms with Gasteiger partial charge in [0.15, 0.2) is 6.61 Å². The third-order valence-electron chi connectivity index (χ3n) is 3.10. The van der Waals surface area contributed by atoms with Gasteiger partial charge in [-0.2, -0.15) is 4.31 Å². The molecule has 24 heavy (non-hydrogen) atoms. The molecule has 0 saturated heterocycles. The van der Waals surface area contributed by atoms with Gasteiger partial charge in [-0.05, 0) is 32.0 Å². The Balaban J connectivity index is 2.88. The van der Waals surface area contributed by atoms with Gasteiger partial charge in [-0.3, -0.25) is 0 Å². The van der Waals surface area contributed by atoms with Crippen LogP contribution in [0.1, 0.15) is 38.1 Å². The largest absolute Gasteiger partial charge is 0.460 e. The molecule has 0 spiro atoms. The summed E-state index contributed by atoms with van der Waals surface area (Å²) in [6.45, 7) is 6.97. The third-order valence-corrected chi connectivity index (χ3v) is 5.15. The van der Waals surface area contributed by atoms with Gasteiger partial charge < -0.3 is 9.47 Å². The smallest absolute Gasteiger partial charge is 0.344 e. The molecule has 8 heteroatoms. The van der Waals surface area contributed by atoms with E-state index in [0.717, 1.165) is 0 Å². The molecule has 0 unspecified atom stereocenters. The summed E-state index contributed by atoms with van der Waals surface area (Å²) in [6.07, 6.45) is -0.307. The molecule has 1 rings (SSSR count). The monoisotopic (exact) mass is 357 g/mol. The van der Waals surface area contributed by atoms with Gasteiger partial charge in [-0.1, -0.05) is 19.9 Å². The highest BCUT2D eigenvalue weighted by Crippen LogP contribution is 2.17. The zero-order chi connectivity index (χ0) is 18.3. The van der Waals surface area contributed by atoms with Gasteiger partial charge in [-0.15, -0.1) is 0 Å². The quantitative estimate of drug-likeness (QED) is 0.659. The second-order valence-electron chi connectivity index (χ2n) is 5.23. The molecule has 0 atom stereocenters. The normalized spacial score (nSPS) is 11.6. The number of benzene rings is 1. The van der Waals surface area contributed by atoms with E-state index in [4.69, 9.17) is 9.47 Å². The molecule has 7 nitrogen and oxygen atoms in total. The van der Waals surface area contributed by atoms with E-state index in [1.807, 2.05) is 0 Å². The summed E-state index contributed by atoms with van der Waals surface area (Å²) in [5.41, 5.74) is 0.0561. The van der Waals surface area contributed by atoms with E-state index < -0.39 is 28.6 Å². The standard InChI is InChI=1S/C16H23NO6S/c1-5-17(6-2)24(20,21)14-9-7-8-13(10-14)16(19)22-11-15(18)23-12(3)4/h7-10,12H,5-6,11H2,1-4H3. The molecule has 0 radical (unpaired) electrons. The van der Waals surface area contributed by atoms with Crippen molar-refractivity contribution in [2.75, 3.05) is 19.7 Å². The highest BCUT2D eigenvalue weighted by atomic mass is 32.2. The number of nitrogens with zero attached hydrogens (tertiary/aromatic N) is 1. The van der Waals surface area contributed by atoms with E-state index in [0.29, 0.717) is 13.1 Å². The Morgan fingerprint density at radius 1 is 1.17 bits per heavy atom. The van der Waals surface area contributed by atoms with E-state index >= 15 is 0 Å². The Hall–Kier alpha value is -1.93. The van der Waals surface area contributed by atoms with Crippen LogP contribution in [0.15, 0.2) is 29.2 Å². The number of esters is 2. The van der Waals surface area contributed by atoms with Gasteiger partial charge >= 0.3 is 11.9 Å². The summed E-state index contributed by atoms with van der Waals surface area (Å²) in [4.78, 5) is 23.4. The van der Waals surface area contributed by atoms with Crippen LogP contribution in [0.4, 0.5) is 0 Å². The van der Waals surface area contributed by atoms with Gasteiger partial charge in [0.2, 0.25) is 10.0 Å². The molecule has 0 aromatic heterocycles. The predicted molar refractivity (Wildman–Crippen MR) is 88.1 cm³/mol. The summed E-state index contributed by atoms with van der Waals surface area (Å²) in [5, 5.41) is 0. The Labute approximate surface area is 142 Å². The van der Waals surface area contributed by atoms with Crippen molar-refractivity contribution in [1.82, 2.24) is 4.31 Å². The van der Waals surface area contributed by atoms with Crippen molar-refractivity contribution in [1.29, 1.82) is 0 Å². The number of hydrogen-bond donors (Lipinski definition) is 0. The fraction of sp³-hybridized carbons (Fsp3) is 0.500. The van der Waals surface area contributed by atoms with Crippen LogP contribution in [0.2, 0.25) is 0 Å². The van der Waals surface area contributed by atoms with Crippen molar-refractivity contribution in [3.8, 4) is 0 Å². The lowest BCUT2D eigenvalue weighted by Gasteiger charge is -2.18. The summed E-state index contributed by atoms with van der Waals surface area (Å²) in [7, 11) is -3.67. The molecule has 0 aliphatic rings.